The van der Waals surface area contributed by atoms with E-state index in [4.69, 9.17) is 5.14 Å². The molecule has 0 radical (unpaired) electrons. The van der Waals surface area contributed by atoms with E-state index in [-0.39, 0.29) is 5.25 Å². The zero-order valence-corrected chi connectivity index (χ0v) is 9.01. The van der Waals surface area contributed by atoms with Crippen LogP contribution in [-0.4, -0.2) is 29.9 Å². The molecule has 0 aromatic carbocycles. The highest BCUT2D eigenvalue weighted by Crippen LogP contribution is 2.17. The van der Waals surface area contributed by atoms with Crippen molar-refractivity contribution in [3.05, 3.63) is 0 Å². The third-order valence-electron chi connectivity index (χ3n) is 1.85. The Bertz CT molecular complexity index is 221. The van der Waals surface area contributed by atoms with Gasteiger partial charge in [-0.05, 0) is 12.8 Å². The molecule has 1 fully saturated rings. The zero-order valence-electron chi connectivity index (χ0n) is 6.03. The van der Waals surface area contributed by atoms with Crippen LogP contribution in [-0.2, 0) is 10.0 Å². The molecule has 0 spiro atoms. The monoisotopic (exact) mass is 290 g/mol. The second-order valence-electron chi connectivity index (χ2n) is 2.70. The fourth-order valence-corrected chi connectivity index (χ4v) is 2.58. The lowest BCUT2D eigenvalue weighted by molar-refractivity contribution is 0.403. The van der Waals surface area contributed by atoms with Gasteiger partial charge >= 0.3 is 0 Å². The van der Waals surface area contributed by atoms with Crippen LogP contribution in [0.2, 0.25) is 0 Å². The van der Waals surface area contributed by atoms with Crippen LogP contribution < -0.4 is 5.14 Å². The minimum atomic E-state index is -3.28. The summed E-state index contributed by atoms with van der Waals surface area (Å²) < 4.78 is 23.8. The summed E-state index contributed by atoms with van der Waals surface area (Å²) in [7, 11) is -3.28. The van der Waals surface area contributed by atoms with Gasteiger partial charge in [-0.2, -0.15) is 0 Å². The molecule has 0 amide bonds. The average molecular weight is 290 g/mol. The first-order valence-corrected chi connectivity index (χ1v) is 6.00. The van der Waals surface area contributed by atoms with Gasteiger partial charge < -0.3 is 0 Å². The van der Waals surface area contributed by atoms with Crippen LogP contribution in [0.15, 0.2) is 0 Å². The largest absolute Gasteiger partial charge is 0.247 e. The first-order chi connectivity index (χ1) is 5.00. The predicted molar refractivity (Wildman–Crippen MR) is 51.7 cm³/mol. The molecule has 0 aromatic rings. The molecular formula is C5H11IN2O2S. The number of sulfonamides is 1. The molecule has 1 aliphatic rings. The van der Waals surface area contributed by atoms with Gasteiger partial charge in [0.15, 0.2) is 0 Å². The van der Waals surface area contributed by atoms with Gasteiger partial charge in [-0.25, -0.2) is 16.7 Å². The van der Waals surface area contributed by atoms with Gasteiger partial charge in [-0.3, -0.25) is 0 Å². The normalized spacial score (nSPS) is 23.8. The lowest BCUT2D eigenvalue weighted by Gasteiger charge is -2.25. The molecule has 1 aliphatic heterocycles. The third-order valence-corrected chi connectivity index (χ3v) is 4.22. The van der Waals surface area contributed by atoms with E-state index in [1.807, 2.05) is 0 Å². The smallest absolute Gasteiger partial charge is 0.212 e. The molecule has 0 aliphatic carbocycles. The van der Waals surface area contributed by atoms with Crippen LogP contribution in [0.5, 0.6) is 0 Å². The molecule has 0 aromatic heterocycles. The molecule has 0 unspecified atom stereocenters. The van der Waals surface area contributed by atoms with Gasteiger partial charge in [0.05, 0.1) is 5.25 Å². The number of rotatable bonds is 1. The fraction of sp³-hybridized carbons (Fsp3) is 1.00. The minimum Gasteiger partial charge on any atom is -0.247 e. The van der Waals surface area contributed by atoms with Crippen LogP contribution in [0.3, 0.4) is 0 Å². The Hall–Kier alpha value is 0.600. The molecule has 0 bridgehead atoms. The van der Waals surface area contributed by atoms with Crippen LogP contribution in [0.25, 0.3) is 0 Å². The van der Waals surface area contributed by atoms with Gasteiger partial charge in [0.2, 0.25) is 10.0 Å². The highest BCUT2D eigenvalue weighted by molar-refractivity contribution is 14.1. The first kappa shape index (κ1) is 9.69. The second-order valence-corrected chi connectivity index (χ2v) is 5.91. The van der Waals surface area contributed by atoms with Crippen molar-refractivity contribution >= 4 is 32.9 Å². The lowest BCUT2D eigenvalue weighted by atomic mass is 10.2. The molecule has 0 atom stereocenters. The van der Waals surface area contributed by atoms with E-state index in [1.165, 1.54) is 0 Å². The Morgan fingerprint density at radius 2 is 1.82 bits per heavy atom. The lowest BCUT2D eigenvalue weighted by Crippen LogP contribution is -2.37. The molecule has 2 N–H and O–H groups in total. The average Bonchev–Trinajstić information content (AvgIpc) is 1.86. The number of halogens is 1. The summed E-state index contributed by atoms with van der Waals surface area (Å²) in [5.74, 6) is 0. The number of primary sulfonamides is 1. The number of nitrogens with two attached hydrogens (primary N) is 1. The maximum atomic E-state index is 10.8. The minimum absolute atomic E-state index is 0.312. The number of hydrogen-bond acceptors (Lipinski definition) is 3. The van der Waals surface area contributed by atoms with Crippen LogP contribution >= 0.6 is 22.9 Å². The Kier molecular flexibility index (Phi) is 3.12. The van der Waals surface area contributed by atoms with Crippen LogP contribution in [0.1, 0.15) is 12.8 Å². The molecular weight excluding hydrogens is 279 g/mol. The molecule has 4 nitrogen and oxygen atoms in total. The maximum Gasteiger partial charge on any atom is 0.212 e. The van der Waals surface area contributed by atoms with E-state index in [1.54, 1.807) is 0 Å². The summed E-state index contributed by atoms with van der Waals surface area (Å²) in [6, 6.07) is 0. The summed E-state index contributed by atoms with van der Waals surface area (Å²) in [6.45, 7) is 1.64. The summed E-state index contributed by atoms with van der Waals surface area (Å²) in [5.41, 5.74) is 0. The van der Waals surface area contributed by atoms with Crippen LogP contribution in [0, 0.1) is 0 Å². The van der Waals surface area contributed by atoms with E-state index < -0.39 is 10.0 Å². The van der Waals surface area contributed by atoms with Gasteiger partial charge in [-0.15, -0.1) is 0 Å². The fourth-order valence-electron chi connectivity index (χ4n) is 1.15. The molecule has 1 rings (SSSR count). The Balaban J connectivity index is 2.53. The van der Waals surface area contributed by atoms with E-state index in [0.29, 0.717) is 12.8 Å². The van der Waals surface area contributed by atoms with Gasteiger partial charge in [-0.1, -0.05) is 0 Å². The van der Waals surface area contributed by atoms with E-state index >= 15 is 0 Å². The zero-order chi connectivity index (χ0) is 8.48. The molecule has 1 heterocycles. The standard InChI is InChI=1S/C5H11IN2O2S/c6-8-3-1-5(2-4-8)11(7,9)10/h5H,1-4H2,(H2,7,9,10). The maximum absolute atomic E-state index is 10.8. The molecule has 0 saturated carbocycles. The van der Waals surface area contributed by atoms with Crippen molar-refractivity contribution in [1.29, 1.82) is 0 Å². The SMILES string of the molecule is NS(=O)(=O)C1CCN(I)CC1. The van der Waals surface area contributed by atoms with Gasteiger partial charge in [0, 0.05) is 36.0 Å². The summed E-state index contributed by atoms with van der Waals surface area (Å²) in [4.78, 5) is 0. The summed E-state index contributed by atoms with van der Waals surface area (Å²) in [5, 5.41) is 4.70. The second kappa shape index (κ2) is 3.55. The van der Waals surface area contributed by atoms with Crippen molar-refractivity contribution in [2.75, 3.05) is 13.1 Å². The van der Waals surface area contributed by atoms with Crippen molar-refractivity contribution in [3.63, 3.8) is 0 Å². The quantitative estimate of drug-likeness (QED) is 0.550. The summed E-state index contributed by atoms with van der Waals surface area (Å²) in [6.07, 6.45) is 1.34. The number of hydrogen-bond donors (Lipinski definition) is 1. The van der Waals surface area contributed by atoms with Crippen molar-refractivity contribution in [2.24, 2.45) is 5.14 Å². The number of piperidine rings is 1. The van der Waals surface area contributed by atoms with E-state index in [2.05, 4.69) is 26.0 Å². The summed E-state index contributed by atoms with van der Waals surface area (Å²) >= 11 is 2.19. The van der Waals surface area contributed by atoms with Crippen molar-refractivity contribution in [2.45, 2.75) is 18.1 Å². The Labute approximate surface area is 80.7 Å². The molecule has 66 valence electrons. The van der Waals surface area contributed by atoms with Crippen LogP contribution in [0.4, 0.5) is 0 Å². The Morgan fingerprint density at radius 3 is 2.18 bits per heavy atom. The van der Waals surface area contributed by atoms with E-state index in [9.17, 15) is 8.42 Å². The third kappa shape index (κ3) is 2.85. The Morgan fingerprint density at radius 1 is 1.36 bits per heavy atom. The van der Waals surface area contributed by atoms with E-state index in [0.717, 1.165) is 13.1 Å². The van der Waals surface area contributed by atoms with Crippen molar-refractivity contribution in [3.8, 4) is 0 Å². The molecule has 11 heavy (non-hydrogen) atoms. The predicted octanol–water partition coefficient (Wildman–Crippen LogP) is 0.0893. The van der Waals surface area contributed by atoms with Crippen molar-refractivity contribution in [1.82, 2.24) is 3.11 Å². The molecule has 6 heteroatoms. The topological polar surface area (TPSA) is 63.4 Å². The number of nitrogens with zero attached hydrogens (tertiary/aromatic N) is 1. The first-order valence-electron chi connectivity index (χ1n) is 3.42. The van der Waals surface area contributed by atoms with Gasteiger partial charge in [0.1, 0.15) is 0 Å². The highest BCUT2D eigenvalue weighted by atomic mass is 127. The van der Waals surface area contributed by atoms with Gasteiger partial charge in [0.25, 0.3) is 0 Å². The molecule has 1 saturated heterocycles. The highest BCUT2D eigenvalue weighted by Gasteiger charge is 2.25. The van der Waals surface area contributed by atoms with Crippen molar-refractivity contribution < 1.29 is 8.42 Å².